The minimum absolute atomic E-state index is 0.284. The lowest BCUT2D eigenvalue weighted by atomic mass is 10.1. The van der Waals surface area contributed by atoms with Crippen LogP contribution in [0.1, 0.15) is 26.4 Å². The monoisotopic (exact) mass is 262 g/mol. The van der Waals surface area contributed by atoms with Crippen molar-refractivity contribution < 1.29 is 14.6 Å². The van der Waals surface area contributed by atoms with E-state index in [1.807, 2.05) is 26.8 Å². The SMILES string of the molecule is Cc1cc(C)c(C)c(Oc2csc(C(=O)O)c2)c1. The summed E-state index contributed by atoms with van der Waals surface area (Å²) in [6.07, 6.45) is 0. The highest BCUT2D eigenvalue weighted by atomic mass is 32.1. The van der Waals surface area contributed by atoms with Crippen LogP contribution in [-0.2, 0) is 0 Å². The number of rotatable bonds is 3. The quantitative estimate of drug-likeness (QED) is 0.903. The molecule has 18 heavy (non-hydrogen) atoms. The van der Waals surface area contributed by atoms with Crippen molar-refractivity contribution in [3.63, 3.8) is 0 Å². The minimum Gasteiger partial charge on any atom is -0.477 e. The predicted molar refractivity (Wildman–Crippen MR) is 72.0 cm³/mol. The van der Waals surface area contributed by atoms with Gasteiger partial charge in [0.05, 0.1) is 0 Å². The standard InChI is InChI=1S/C14H14O3S/c1-8-4-9(2)10(3)12(5-8)17-11-6-13(14(15)16)18-7-11/h4-7H,1-3H3,(H,15,16). The summed E-state index contributed by atoms with van der Waals surface area (Å²) in [5.41, 5.74) is 3.36. The molecule has 0 amide bonds. The fourth-order valence-corrected chi connectivity index (χ4v) is 2.36. The molecule has 1 aromatic heterocycles. The predicted octanol–water partition coefficient (Wildman–Crippen LogP) is 4.16. The average molecular weight is 262 g/mol. The Hall–Kier alpha value is -1.81. The Morgan fingerprint density at radius 3 is 2.56 bits per heavy atom. The number of carbonyl (C=O) groups is 1. The largest absolute Gasteiger partial charge is 0.477 e. The molecule has 0 unspecified atom stereocenters. The van der Waals surface area contributed by atoms with Crippen LogP contribution in [0.2, 0.25) is 0 Å². The molecule has 0 fully saturated rings. The third kappa shape index (κ3) is 2.54. The number of hydrogen-bond donors (Lipinski definition) is 1. The molecule has 0 spiro atoms. The zero-order valence-electron chi connectivity index (χ0n) is 10.5. The molecule has 1 heterocycles. The summed E-state index contributed by atoms with van der Waals surface area (Å²) in [5, 5.41) is 10.6. The van der Waals surface area contributed by atoms with E-state index in [1.54, 1.807) is 11.4 Å². The number of carboxylic acid groups (broad SMARTS) is 1. The first kappa shape index (κ1) is 12.6. The molecule has 2 rings (SSSR count). The minimum atomic E-state index is -0.924. The van der Waals surface area contributed by atoms with Gasteiger partial charge in [-0.2, -0.15) is 0 Å². The van der Waals surface area contributed by atoms with Crippen LogP contribution in [0.5, 0.6) is 11.5 Å². The molecule has 0 aliphatic heterocycles. The summed E-state index contributed by atoms with van der Waals surface area (Å²) >= 11 is 1.17. The maximum absolute atomic E-state index is 10.8. The molecule has 0 aliphatic carbocycles. The number of aromatic carboxylic acids is 1. The molecule has 4 heteroatoms. The van der Waals surface area contributed by atoms with E-state index in [1.165, 1.54) is 16.9 Å². The Morgan fingerprint density at radius 1 is 1.22 bits per heavy atom. The molecular weight excluding hydrogens is 248 g/mol. The molecule has 1 aromatic carbocycles. The van der Waals surface area contributed by atoms with Crippen LogP contribution < -0.4 is 4.74 Å². The van der Waals surface area contributed by atoms with Gasteiger partial charge in [0.25, 0.3) is 0 Å². The number of thiophene rings is 1. The number of benzene rings is 1. The summed E-state index contributed by atoms with van der Waals surface area (Å²) in [7, 11) is 0. The van der Waals surface area contributed by atoms with Gasteiger partial charge in [-0.25, -0.2) is 4.79 Å². The zero-order chi connectivity index (χ0) is 13.3. The van der Waals surface area contributed by atoms with E-state index in [-0.39, 0.29) is 4.88 Å². The second-order valence-electron chi connectivity index (χ2n) is 4.26. The number of ether oxygens (including phenoxy) is 1. The molecule has 2 aromatic rings. The summed E-state index contributed by atoms with van der Waals surface area (Å²) in [5.74, 6) is 0.430. The van der Waals surface area contributed by atoms with Crippen molar-refractivity contribution in [1.29, 1.82) is 0 Å². The first-order valence-electron chi connectivity index (χ1n) is 5.55. The highest BCUT2D eigenvalue weighted by Gasteiger charge is 2.10. The molecule has 0 radical (unpaired) electrons. The van der Waals surface area contributed by atoms with Crippen LogP contribution in [0.25, 0.3) is 0 Å². The van der Waals surface area contributed by atoms with Gasteiger partial charge in [0.2, 0.25) is 0 Å². The van der Waals surface area contributed by atoms with E-state index < -0.39 is 5.97 Å². The zero-order valence-corrected chi connectivity index (χ0v) is 11.3. The van der Waals surface area contributed by atoms with E-state index in [0.717, 1.165) is 16.9 Å². The van der Waals surface area contributed by atoms with E-state index in [0.29, 0.717) is 5.75 Å². The van der Waals surface area contributed by atoms with Crippen molar-refractivity contribution in [2.45, 2.75) is 20.8 Å². The van der Waals surface area contributed by atoms with E-state index in [2.05, 4.69) is 6.07 Å². The average Bonchev–Trinajstić information content (AvgIpc) is 2.74. The molecule has 0 saturated carbocycles. The number of aryl methyl sites for hydroxylation is 2. The van der Waals surface area contributed by atoms with Gasteiger partial charge in [-0.1, -0.05) is 6.07 Å². The van der Waals surface area contributed by atoms with Crippen LogP contribution in [0, 0.1) is 20.8 Å². The third-order valence-electron chi connectivity index (χ3n) is 2.78. The van der Waals surface area contributed by atoms with Gasteiger partial charge in [-0.15, -0.1) is 11.3 Å². The van der Waals surface area contributed by atoms with Gasteiger partial charge >= 0.3 is 5.97 Å². The van der Waals surface area contributed by atoms with E-state index >= 15 is 0 Å². The lowest BCUT2D eigenvalue weighted by molar-refractivity contribution is 0.0702. The molecule has 0 aliphatic rings. The van der Waals surface area contributed by atoms with Crippen molar-refractivity contribution in [3.05, 3.63) is 45.1 Å². The molecule has 1 N–H and O–H groups in total. The smallest absolute Gasteiger partial charge is 0.346 e. The highest BCUT2D eigenvalue weighted by Crippen LogP contribution is 2.31. The summed E-state index contributed by atoms with van der Waals surface area (Å²) in [6, 6.07) is 5.60. The van der Waals surface area contributed by atoms with Gasteiger partial charge < -0.3 is 9.84 Å². The van der Waals surface area contributed by atoms with Crippen LogP contribution in [0.4, 0.5) is 0 Å². The first-order valence-corrected chi connectivity index (χ1v) is 6.43. The maximum atomic E-state index is 10.8. The second kappa shape index (κ2) is 4.82. The van der Waals surface area contributed by atoms with Crippen molar-refractivity contribution in [2.75, 3.05) is 0 Å². The van der Waals surface area contributed by atoms with Gasteiger partial charge in [0.15, 0.2) is 0 Å². The van der Waals surface area contributed by atoms with Gasteiger partial charge in [-0.3, -0.25) is 0 Å². The lowest BCUT2D eigenvalue weighted by Gasteiger charge is -2.10. The fourth-order valence-electron chi connectivity index (χ4n) is 1.72. The van der Waals surface area contributed by atoms with Crippen molar-refractivity contribution in [1.82, 2.24) is 0 Å². The van der Waals surface area contributed by atoms with E-state index in [4.69, 9.17) is 9.84 Å². The van der Waals surface area contributed by atoms with Gasteiger partial charge in [-0.05, 0) is 43.5 Å². The normalized spacial score (nSPS) is 10.4. The summed E-state index contributed by atoms with van der Waals surface area (Å²) in [4.78, 5) is 11.1. The van der Waals surface area contributed by atoms with E-state index in [9.17, 15) is 4.79 Å². The number of carboxylic acids is 1. The Balaban J connectivity index is 2.30. The maximum Gasteiger partial charge on any atom is 0.346 e. The first-order chi connectivity index (χ1) is 8.47. The molecule has 94 valence electrons. The second-order valence-corrected chi connectivity index (χ2v) is 5.17. The molecule has 3 nitrogen and oxygen atoms in total. The molecule has 0 atom stereocenters. The van der Waals surface area contributed by atoms with Crippen molar-refractivity contribution in [3.8, 4) is 11.5 Å². The molecule has 0 saturated heterocycles. The Kier molecular flexibility index (Phi) is 3.39. The topological polar surface area (TPSA) is 46.5 Å². The summed E-state index contributed by atoms with van der Waals surface area (Å²) in [6.45, 7) is 6.04. The third-order valence-corrected chi connectivity index (χ3v) is 3.67. The lowest BCUT2D eigenvalue weighted by Crippen LogP contribution is -1.92. The van der Waals surface area contributed by atoms with Crippen LogP contribution >= 0.6 is 11.3 Å². The fraction of sp³-hybridized carbons (Fsp3) is 0.214. The summed E-state index contributed by atoms with van der Waals surface area (Å²) < 4.78 is 5.75. The Morgan fingerprint density at radius 2 is 1.94 bits per heavy atom. The van der Waals surface area contributed by atoms with Gasteiger partial charge in [0.1, 0.15) is 16.4 Å². The highest BCUT2D eigenvalue weighted by molar-refractivity contribution is 7.12. The Bertz CT molecular complexity index is 599. The van der Waals surface area contributed by atoms with Crippen LogP contribution in [0.3, 0.4) is 0 Å². The molecular formula is C14H14O3S. The van der Waals surface area contributed by atoms with Crippen LogP contribution in [0.15, 0.2) is 23.6 Å². The van der Waals surface area contributed by atoms with Crippen LogP contribution in [-0.4, -0.2) is 11.1 Å². The van der Waals surface area contributed by atoms with Gasteiger partial charge in [0, 0.05) is 11.4 Å². The van der Waals surface area contributed by atoms with Crippen molar-refractivity contribution >= 4 is 17.3 Å². The molecule has 0 bridgehead atoms. The van der Waals surface area contributed by atoms with Crippen molar-refractivity contribution in [2.24, 2.45) is 0 Å². The number of hydrogen-bond acceptors (Lipinski definition) is 3. The Labute approximate surface area is 110 Å².